The van der Waals surface area contributed by atoms with E-state index in [1.54, 1.807) is 14.2 Å². The van der Waals surface area contributed by atoms with Crippen molar-refractivity contribution in [2.45, 2.75) is 6.54 Å². The first-order chi connectivity index (χ1) is 13.5. The van der Waals surface area contributed by atoms with E-state index in [9.17, 15) is 4.79 Å². The first-order valence-electron chi connectivity index (χ1n) is 9.51. The maximum atomic E-state index is 12.8. The Balaban J connectivity index is 1.59. The molecule has 0 spiro atoms. The number of hydrogen-bond donors (Lipinski definition) is 0. The third-order valence-corrected chi connectivity index (χ3v) is 5.17. The molecule has 0 bridgehead atoms. The molecule has 3 rings (SSSR count). The number of nitrogens with zero attached hydrogens (tertiary/aromatic N) is 3. The lowest BCUT2D eigenvalue weighted by atomic mass is 10.1. The summed E-state index contributed by atoms with van der Waals surface area (Å²) in [5, 5.41) is 0. The molecule has 150 valence electrons. The molecule has 0 radical (unpaired) electrons. The molecular formula is C22H29N3O3. The Bertz CT molecular complexity index is 797. The molecule has 1 saturated heterocycles. The van der Waals surface area contributed by atoms with Crippen LogP contribution in [0, 0.1) is 0 Å². The fourth-order valence-corrected chi connectivity index (χ4v) is 3.44. The topological polar surface area (TPSA) is 45.3 Å². The fraction of sp³-hybridized carbons (Fsp3) is 0.409. The van der Waals surface area contributed by atoms with Crippen LogP contribution in [0.5, 0.6) is 11.5 Å². The molecule has 2 aromatic carbocycles. The number of hydrogen-bond acceptors (Lipinski definition) is 5. The average molecular weight is 383 g/mol. The molecule has 2 aromatic rings. The van der Waals surface area contributed by atoms with Gasteiger partial charge in [-0.3, -0.25) is 9.69 Å². The van der Waals surface area contributed by atoms with Crippen molar-refractivity contribution >= 4 is 11.6 Å². The summed E-state index contributed by atoms with van der Waals surface area (Å²) in [6.07, 6.45) is 0. The fourth-order valence-electron chi connectivity index (χ4n) is 3.44. The first-order valence-corrected chi connectivity index (χ1v) is 9.51. The van der Waals surface area contributed by atoms with Gasteiger partial charge in [-0.15, -0.1) is 0 Å². The maximum absolute atomic E-state index is 12.8. The minimum Gasteiger partial charge on any atom is -0.497 e. The lowest BCUT2D eigenvalue weighted by Gasteiger charge is -2.35. The Morgan fingerprint density at radius 1 is 0.964 bits per heavy atom. The first kappa shape index (κ1) is 20.0. The van der Waals surface area contributed by atoms with Crippen molar-refractivity contribution in [3.63, 3.8) is 0 Å². The highest BCUT2D eigenvalue weighted by molar-refractivity contribution is 5.94. The van der Waals surface area contributed by atoms with E-state index in [0.29, 0.717) is 0 Å². The van der Waals surface area contributed by atoms with Crippen molar-refractivity contribution < 1.29 is 14.3 Å². The van der Waals surface area contributed by atoms with E-state index in [-0.39, 0.29) is 5.91 Å². The molecule has 0 aromatic heterocycles. The normalized spacial score (nSPS) is 14.6. The van der Waals surface area contributed by atoms with Crippen LogP contribution in [0.3, 0.4) is 0 Å². The van der Waals surface area contributed by atoms with Crippen LogP contribution in [0.1, 0.15) is 15.9 Å². The molecule has 1 heterocycles. The van der Waals surface area contributed by atoms with Crippen LogP contribution in [-0.4, -0.2) is 70.2 Å². The minimum absolute atomic E-state index is 0.101. The lowest BCUT2D eigenvalue weighted by molar-refractivity contribution is 0.0627. The summed E-state index contributed by atoms with van der Waals surface area (Å²) in [5.74, 6) is 1.79. The molecule has 1 aliphatic heterocycles. The third-order valence-electron chi connectivity index (χ3n) is 5.17. The molecule has 28 heavy (non-hydrogen) atoms. The Morgan fingerprint density at radius 2 is 1.64 bits per heavy atom. The van der Waals surface area contributed by atoms with Crippen molar-refractivity contribution in [3.8, 4) is 11.5 Å². The van der Waals surface area contributed by atoms with Gasteiger partial charge in [0.2, 0.25) is 0 Å². The second-order valence-electron chi connectivity index (χ2n) is 7.19. The van der Waals surface area contributed by atoms with E-state index in [4.69, 9.17) is 9.47 Å². The van der Waals surface area contributed by atoms with Crippen molar-refractivity contribution in [2.75, 3.05) is 59.4 Å². The highest BCUT2D eigenvalue weighted by Crippen LogP contribution is 2.26. The van der Waals surface area contributed by atoms with Crippen LogP contribution < -0.4 is 14.4 Å². The SMILES string of the molecule is COc1ccc(OC)c(CN2CCN(C(=O)c3ccc(N(C)C)cc3)CC2)c1. The summed E-state index contributed by atoms with van der Waals surface area (Å²) < 4.78 is 10.8. The van der Waals surface area contributed by atoms with Gasteiger partial charge in [0.25, 0.3) is 5.91 Å². The molecule has 0 atom stereocenters. The van der Waals surface area contributed by atoms with Gasteiger partial charge in [0.1, 0.15) is 11.5 Å². The number of ether oxygens (including phenoxy) is 2. The van der Waals surface area contributed by atoms with Crippen LogP contribution in [0.15, 0.2) is 42.5 Å². The molecule has 0 saturated carbocycles. The monoisotopic (exact) mass is 383 g/mol. The summed E-state index contributed by atoms with van der Waals surface area (Å²) in [7, 11) is 7.34. The molecule has 6 heteroatoms. The lowest BCUT2D eigenvalue weighted by Crippen LogP contribution is -2.48. The number of methoxy groups -OCH3 is 2. The highest BCUT2D eigenvalue weighted by atomic mass is 16.5. The van der Waals surface area contributed by atoms with E-state index in [1.807, 2.05) is 66.4 Å². The molecule has 0 N–H and O–H groups in total. The van der Waals surface area contributed by atoms with Crippen molar-refractivity contribution in [1.29, 1.82) is 0 Å². The van der Waals surface area contributed by atoms with E-state index in [1.165, 1.54) is 0 Å². The van der Waals surface area contributed by atoms with Gasteiger partial charge in [-0.1, -0.05) is 0 Å². The zero-order chi connectivity index (χ0) is 20.1. The van der Waals surface area contributed by atoms with Gasteiger partial charge in [-0.25, -0.2) is 0 Å². The standard InChI is InChI=1S/C22H29N3O3/c1-23(2)19-7-5-17(6-8-19)22(26)25-13-11-24(12-14-25)16-18-15-20(27-3)9-10-21(18)28-4/h5-10,15H,11-14,16H2,1-4H3. The van der Waals surface area contributed by atoms with Gasteiger partial charge in [0.05, 0.1) is 14.2 Å². The average Bonchev–Trinajstić information content (AvgIpc) is 2.73. The van der Waals surface area contributed by atoms with Crippen molar-refractivity contribution in [3.05, 3.63) is 53.6 Å². The Kier molecular flexibility index (Phi) is 6.41. The predicted octanol–water partition coefficient (Wildman–Crippen LogP) is 2.73. The van der Waals surface area contributed by atoms with Crippen molar-refractivity contribution in [2.24, 2.45) is 0 Å². The summed E-state index contributed by atoms with van der Waals surface area (Å²) >= 11 is 0. The number of piperazine rings is 1. The minimum atomic E-state index is 0.101. The second kappa shape index (κ2) is 8.97. The smallest absolute Gasteiger partial charge is 0.253 e. The molecule has 1 amide bonds. The van der Waals surface area contributed by atoms with Gasteiger partial charge < -0.3 is 19.3 Å². The quantitative estimate of drug-likeness (QED) is 0.768. The number of amides is 1. The third kappa shape index (κ3) is 4.57. The van der Waals surface area contributed by atoms with Gasteiger partial charge in [-0.2, -0.15) is 0 Å². The van der Waals surface area contributed by atoms with E-state index in [2.05, 4.69) is 4.90 Å². The summed E-state index contributed by atoms with van der Waals surface area (Å²) in [6, 6.07) is 13.6. The number of benzene rings is 2. The number of carbonyl (C=O) groups is 1. The largest absolute Gasteiger partial charge is 0.497 e. The van der Waals surface area contributed by atoms with Crippen molar-refractivity contribution in [1.82, 2.24) is 9.80 Å². The van der Waals surface area contributed by atoms with Gasteiger partial charge in [-0.05, 0) is 42.5 Å². The van der Waals surface area contributed by atoms with Crippen LogP contribution >= 0.6 is 0 Å². The molecular weight excluding hydrogens is 354 g/mol. The second-order valence-corrected chi connectivity index (χ2v) is 7.19. The van der Waals surface area contributed by atoms with Crippen LogP contribution in [-0.2, 0) is 6.54 Å². The van der Waals surface area contributed by atoms with Gasteiger partial charge in [0.15, 0.2) is 0 Å². The molecule has 0 unspecified atom stereocenters. The number of carbonyl (C=O) groups excluding carboxylic acids is 1. The highest BCUT2D eigenvalue weighted by Gasteiger charge is 2.23. The van der Waals surface area contributed by atoms with Crippen LogP contribution in [0.4, 0.5) is 5.69 Å². The maximum Gasteiger partial charge on any atom is 0.253 e. The molecule has 1 aliphatic rings. The molecule has 1 fully saturated rings. The van der Waals surface area contributed by atoms with E-state index < -0.39 is 0 Å². The van der Waals surface area contributed by atoms with Crippen LogP contribution in [0.25, 0.3) is 0 Å². The Labute approximate surface area is 167 Å². The van der Waals surface area contributed by atoms with E-state index in [0.717, 1.165) is 61.0 Å². The zero-order valence-corrected chi connectivity index (χ0v) is 17.1. The number of rotatable bonds is 6. The van der Waals surface area contributed by atoms with Gasteiger partial charge >= 0.3 is 0 Å². The molecule has 0 aliphatic carbocycles. The summed E-state index contributed by atoms with van der Waals surface area (Å²) in [6.45, 7) is 3.89. The van der Waals surface area contributed by atoms with Crippen LogP contribution in [0.2, 0.25) is 0 Å². The number of anilines is 1. The predicted molar refractivity (Wildman–Crippen MR) is 111 cm³/mol. The summed E-state index contributed by atoms with van der Waals surface area (Å²) in [5.41, 5.74) is 2.93. The molecule has 6 nitrogen and oxygen atoms in total. The zero-order valence-electron chi connectivity index (χ0n) is 17.1. The summed E-state index contributed by atoms with van der Waals surface area (Å²) in [4.78, 5) is 19.1. The van der Waals surface area contributed by atoms with Gasteiger partial charge in [0, 0.05) is 63.6 Å². The Hall–Kier alpha value is -2.73. The Morgan fingerprint density at radius 3 is 2.21 bits per heavy atom. The van der Waals surface area contributed by atoms with E-state index >= 15 is 0 Å².